The Balaban J connectivity index is 1.65. The Morgan fingerprint density at radius 1 is 1.09 bits per heavy atom. The van der Waals surface area contributed by atoms with Crippen LogP contribution in [0.1, 0.15) is 56.7 Å². The van der Waals surface area contributed by atoms with Gasteiger partial charge in [-0.1, -0.05) is 37.3 Å². The summed E-state index contributed by atoms with van der Waals surface area (Å²) in [5.41, 5.74) is 2.20. The number of methoxy groups -OCH3 is 2. The fourth-order valence-electron chi connectivity index (χ4n) is 5.79. The summed E-state index contributed by atoms with van der Waals surface area (Å²) in [6.45, 7) is 4.14. The molecule has 2 aliphatic rings. The van der Waals surface area contributed by atoms with Gasteiger partial charge >= 0.3 is 6.03 Å². The van der Waals surface area contributed by atoms with Crippen molar-refractivity contribution in [1.82, 2.24) is 9.88 Å². The minimum Gasteiger partial charge on any atom is -0.479 e. The summed E-state index contributed by atoms with van der Waals surface area (Å²) >= 11 is 0. The SMILES string of the molecule is CCC1(c2ccccc2)CCC2(CC1)CN(c1ccc(C#N)nc1OC)C(=O)N2CCCOC. The van der Waals surface area contributed by atoms with Gasteiger partial charge in [-0.25, -0.2) is 9.78 Å². The van der Waals surface area contributed by atoms with Crippen LogP contribution in [0.3, 0.4) is 0 Å². The number of ether oxygens (including phenoxy) is 2. The zero-order valence-electron chi connectivity index (χ0n) is 20.4. The maximum absolute atomic E-state index is 13.8. The standard InChI is InChI=1S/C27H34N4O3/c1-4-26(21-9-6-5-7-10-21)13-15-27(16-14-26)20-30(25(32)31(27)17-8-18-33-2)23-12-11-22(19-28)29-24(23)34-3/h5-7,9-12H,4,8,13-18,20H2,1-3H3. The van der Waals surface area contributed by atoms with Gasteiger partial charge in [-0.3, -0.25) is 4.90 Å². The van der Waals surface area contributed by atoms with Crippen molar-refractivity contribution in [3.05, 3.63) is 53.7 Å². The number of carbonyl (C=O) groups excluding carboxylic acids is 1. The van der Waals surface area contributed by atoms with Crippen molar-refractivity contribution >= 4 is 11.7 Å². The van der Waals surface area contributed by atoms with Crippen molar-refractivity contribution in [2.75, 3.05) is 38.8 Å². The first-order valence-corrected chi connectivity index (χ1v) is 12.1. The molecule has 1 aliphatic heterocycles. The molecule has 0 N–H and O–H groups in total. The average molecular weight is 463 g/mol. The van der Waals surface area contributed by atoms with Crippen molar-refractivity contribution < 1.29 is 14.3 Å². The molecule has 180 valence electrons. The number of rotatable bonds is 8. The van der Waals surface area contributed by atoms with E-state index in [0.717, 1.165) is 38.5 Å². The van der Waals surface area contributed by atoms with E-state index in [4.69, 9.17) is 9.47 Å². The highest BCUT2D eigenvalue weighted by molar-refractivity contribution is 5.96. The lowest BCUT2D eigenvalue weighted by atomic mass is 9.62. The van der Waals surface area contributed by atoms with Crippen LogP contribution in [0.4, 0.5) is 10.5 Å². The zero-order chi connectivity index (χ0) is 24.2. The van der Waals surface area contributed by atoms with E-state index in [2.05, 4.69) is 47.1 Å². The molecule has 1 aromatic carbocycles. The number of benzene rings is 1. The van der Waals surface area contributed by atoms with E-state index >= 15 is 0 Å². The maximum atomic E-state index is 13.8. The summed E-state index contributed by atoms with van der Waals surface area (Å²) in [6, 6.07) is 16.3. The molecular formula is C27H34N4O3. The molecule has 1 aromatic heterocycles. The topological polar surface area (TPSA) is 78.7 Å². The lowest BCUT2D eigenvalue weighted by Crippen LogP contribution is -2.52. The van der Waals surface area contributed by atoms with Crippen LogP contribution < -0.4 is 9.64 Å². The molecule has 2 heterocycles. The summed E-state index contributed by atoms with van der Waals surface area (Å²) in [7, 11) is 3.22. The van der Waals surface area contributed by atoms with E-state index in [1.165, 1.54) is 12.7 Å². The van der Waals surface area contributed by atoms with E-state index < -0.39 is 0 Å². The van der Waals surface area contributed by atoms with Gasteiger partial charge in [0.15, 0.2) is 0 Å². The summed E-state index contributed by atoms with van der Waals surface area (Å²) in [6.07, 6.45) is 5.84. The third-order valence-electron chi connectivity index (χ3n) is 7.86. The van der Waals surface area contributed by atoms with Crippen LogP contribution >= 0.6 is 0 Å². The van der Waals surface area contributed by atoms with Crippen molar-refractivity contribution in [1.29, 1.82) is 5.26 Å². The minimum atomic E-state index is -0.239. The predicted molar refractivity (Wildman–Crippen MR) is 131 cm³/mol. The van der Waals surface area contributed by atoms with Gasteiger partial charge in [-0.15, -0.1) is 0 Å². The van der Waals surface area contributed by atoms with Crippen LogP contribution in [-0.4, -0.2) is 55.4 Å². The molecule has 2 amide bonds. The highest BCUT2D eigenvalue weighted by Crippen LogP contribution is 2.50. The Morgan fingerprint density at radius 3 is 2.44 bits per heavy atom. The molecule has 0 bridgehead atoms. The Kier molecular flexibility index (Phi) is 7.08. The largest absolute Gasteiger partial charge is 0.479 e. The first-order chi connectivity index (χ1) is 16.5. The molecule has 4 rings (SSSR count). The Labute approximate surface area is 202 Å². The summed E-state index contributed by atoms with van der Waals surface area (Å²) in [5.74, 6) is 0.310. The third-order valence-corrected chi connectivity index (χ3v) is 7.86. The van der Waals surface area contributed by atoms with Gasteiger partial charge < -0.3 is 14.4 Å². The fourth-order valence-corrected chi connectivity index (χ4v) is 5.79. The zero-order valence-corrected chi connectivity index (χ0v) is 20.4. The molecule has 1 aliphatic carbocycles. The van der Waals surface area contributed by atoms with Crippen molar-refractivity contribution in [3.63, 3.8) is 0 Å². The summed E-state index contributed by atoms with van der Waals surface area (Å²) in [5, 5.41) is 9.22. The Hall–Kier alpha value is -3.11. The van der Waals surface area contributed by atoms with Crippen LogP contribution in [0.2, 0.25) is 0 Å². The van der Waals surface area contributed by atoms with Crippen LogP contribution in [0.5, 0.6) is 5.88 Å². The van der Waals surface area contributed by atoms with E-state index in [1.807, 2.05) is 6.07 Å². The van der Waals surface area contributed by atoms with Gasteiger partial charge in [0.25, 0.3) is 0 Å². The number of aromatic nitrogens is 1. The van der Waals surface area contributed by atoms with Gasteiger partial charge in [0.05, 0.1) is 19.2 Å². The second-order valence-electron chi connectivity index (χ2n) is 9.43. The number of hydrogen-bond donors (Lipinski definition) is 0. The normalized spacial score (nSPS) is 24.5. The van der Waals surface area contributed by atoms with Gasteiger partial charge in [-0.05, 0) is 61.6 Å². The predicted octanol–water partition coefficient (Wildman–Crippen LogP) is 4.90. The van der Waals surface area contributed by atoms with Crippen molar-refractivity contribution in [2.45, 2.75) is 56.4 Å². The second kappa shape index (κ2) is 10.0. The summed E-state index contributed by atoms with van der Waals surface area (Å²) in [4.78, 5) is 21.9. The average Bonchev–Trinajstić information content (AvgIpc) is 3.16. The quantitative estimate of drug-likeness (QED) is 0.521. The molecule has 2 fully saturated rings. The van der Waals surface area contributed by atoms with Crippen LogP contribution in [0.15, 0.2) is 42.5 Å². The lowest BCUT2D eigenvalue weighted by Gasteiger charge is -2.48. The van der Waals surface area contributed by atoms with E-state index in [0.29, 0.717) is 31.3 Å². The number of carbonyl (C=O) groups is 1. The van der Waals surface area contributed by atoms with Crippen LogP contribution in [-0.2, 0) is 10.2 Å². The molecule has 7 nitrogen and oxygen atoms in total. The number of anilines is 1. The lowest BCUT2D eigenvalue weighted by molar-refractivity contribution is 0.0786. The van der Waals surface area contributed by atoms with Gasteiger partial charge in [0, 0.05) is 20.3 Å². The molecule has 2 aromatic rings. The highest BCUT2D eigenvalue weighted by Gasteiger charge is 2.54. The number of pyridine rings is 1. The molecule has 34 heavy (non-hydrogen) atoms. The first-order valence-electron chi connectivity index (χ1n) is 12.1. The number of nitrogens with zero attached hydrogens (tertiary/aromatic N) is 4. The maximum Gasteiger partial charge on any atom is 0.325 e. The minimum absolute atomic E-state index is 0.0235. The van der Waals surface area contributed by atoms with Gasteiger partial charge in [-0.2, -0.15) is 5.26 Å². The van der Waals surface area contributed by atoms with E-state index in [9.17, 15) is 10.1 Å². The first kappa shape index (κ1) is 24.0. The molecule has 0 atom stereocenters. The molecule has 1 spiro atoms. The van der Waals surface area contributed by atoms with Crippen LogP contribution in [0, 0.1) is 11.3 Å². The van der Waals surface area contributed by atoms with E-state index in [1.54, 1.807) is 24.1 Å². The number of nitriles is 1. The second-order valence-corrected chi connectivity index (χ2v) is 9.43. The highest BCUT2D eigenvalue weighted by atomic mass is 16.5. The number of amides is 2. The Morgan fingerprint density at radius 2 is 1.82 bits per heavy atom. The number of hydrogen-bond acceptors (Lipinski definition) is 5. The van der Waals surface area contributed by atoms with E-state index in [-0.39, 0.29) is 22.7 Å². The molecule has 0 radical (unpaired) electrons. The molecule has 0 unspecified atom stereocenters. The molecule has 1 saturated heterocycles. The monoisotopic (exact) mass is 462 g/mol. The molecular weight excluding hydrogens is 428 g/mol. The summed E-state index contributed by atoms with van der Waals surface area (Å²) < 4.78 is 10.8. The number of urea groups is 1. The van der Waals surface area contributed by atoms with Gasteiger partial charge in [0.1, 0.15) is 17.5 Å². The fraction of sp³-hybridized carbons (Fsp3) is 0.519. The molecule has 1 saturated carbocycles. The smallest absolute Gasteiger partial charge is 0.325 e. The van der Waals surface area contributed by atoms with Crippen LogP contribution in [0.25, 0.3) is 0 Å². The van der Waals surface area contributed by atoms with Gasteiger partial charge in [0.2, 0.25) is 5.88 Å². The van der Waals surface area contributed by atoms with Crippen molar-refractivity contribution in [3.8, 4) is 11.9 Å². The third kappa shape index (κ3) is 4.23. The Bertz CT molecular complexity index is 1040. The molecule has 7 heteroatoms. The van der Waals surface area contributed by atoms with Crippen molar-refractivity contribution in [2.24, 2.45) is 0 Å².